The van der Waals surface area contributed by atoms with Crippen LogP contribution >= 0.6 is 11.3 Å². The topological polar surface area (TPSA) is 92.3 Å². The summed E-state index contributed by atoms with van der Waals surface area (Å²) >= 11 is 1.10. The maximum Gasteiger partial charge on any atom is 0.416 e. The van der Waals surface area contributed by atoms with Crippen molar-refractivity contribution in [2.24, 2.45) is 4.99 Å². The van der Waals surface area contributed by atoms with E-state index in [0.29, 0.717) is 27.6 Å². The van der Waals surface area contributed by atoms with Crippen LogP contribution in [0.4, 0.5) is 13.2 Å². The summed E-state index contributed by atoms with van der Waals surface area (Å²) in [5, 5.41) is 0. The van der Waals surface area contributed by atoms with Crippen molar-refractivity contribution in [3.63, 3.8) is 0 Å². The molecule has 210 valence electrons. The van der Waals surface area contributed by atoms with Gasteiger partial charge in [-0.15, -0.1) is 0 Å². The summed E-state index contributed by atoms with van der Waals surface area (Å²) in [5.41, 5.74) is 0.251. The van der Waals surface area contributed by atoms with Crippen LogP contribution in [0.2, 0.25) is 0 Å². The fraction of sp³-hybridized carbons (Fsp3) is 0.207. The van der Waals surface area contributed by atoms with Crippen LogP contribution in [-0.2, 0) is 15.7 Å². The minimum atomic E-state index is -4.49. The van der Waals surface area contributed by atoms with Crippen molar-refractivity contribution in [2.75, 3.05) is 13.4 Å². The normalized spacial score (nSPS) is 16.5. The summed E-state index contributed by atoms with van der Waals surface area (Å²) in [7, 11) is 0. The van der Waals surface area contributed by atoms with E-state index in [-0.39, 0.29) is 40.6 Å². The number of thiazole rings is 1. The molecule has 4 heterocycles. The second-order valence-corrected chi connectivity index (χ2v) is 10.2. The summed E-state index contributed by atoms with van der Waals surface area (Å²) in [4.78, 5) is 31.7. The van der Waals surface area contributed by atoms with Crippen molar-refractivity contribution in [1.82, 2.24) is 4.57 Å². The van der Waals surface area contributed by atoms with Gasteiger partial charge in [0.15, 0.2) is 16.3 Å². The van der Waals surface area contributed by atoms with Crippen LogP contribution in [0.5, 0.6) is 11.5 Å². The molecular weight excluding hydrogens is 561 g/mol. The molecule has 0 saturated heterocycles. The molecular formula is C29H21F3N2O6S. The Balaban J connectivity index is 1.45. The minimum Gasteiger partial charge on any atom is -0.463 e. The maximum absolute atomic E-state index is 13.8. The van der Waals surface area contributed by atoms with Gasteiger partial charge in [-0.25, -0.2) is 9.79 Å². The van der Waals surface area contributed by atoms with Crippen LogP contribution in [0.15, 0.2) is 80.1 Å². The average molecular weight is 583 g/mol. The molecule has 2 aromatic heterocycles. The van der Waals surface area contributed by atoms with Crippen LogP contribution in [0.25, 0.3) is 17.4 Å². The number of carbonyl (C=O) groups excluding carboxylic acids is 1. The molecule has 0 spiro atoms. The van der Waals surface area contributed by atoms with E-state index in [1.54, 1.807) is 38.1 Å². The molecule has 4 aromatic rings. The summed E-state index contributed by atoms with van der Waals surface area (Å²) in [6.07, 6.45) is -2.99. The van der Waals surface area contributed by atoms with Crippen molar-refractivity contribution in [3.8, 4) is 22.8 Å². The Morgan fingerprint density at radius 2 is 1.95 bits per heavy atom. The Hall–Kier alpha value is -4.58. The number of ether oxygens (including phenoxy) is 3. The smallest absolute Gasteiger partial charge is 0.416 e. The highest BCUT2D eigenvalue weighted by molar-refractivity contribution is 7.07. The van der Waals surface area contributed by atoms with E-state index in [2.05, 4.69) is 4.99 Å². The van der Waals surface area contributed by atoms with Gasteiger partial charge in [0.05, 0.1) is 34.0 Å². The Kier molecular flexibility index (Phi) is 6.57. The molecule has 41 heavy (non-hydrogen) atoms. The highest BCUT2D eigenvalue weighted by Gasteiger charge is 2.34. The predicted octanol–water partition coefficient (Wildman–Crippen LogP) is 4.81. The number of furan rings is 1. The summed E-state index contributed by atoms with van der Waals surface area (Å²) < 4.78 is 63.2. The summed E-state index contributed by atoms with van der Waals surface area (Å²) in [5.74, 6) is 0.925. The van der Waals surface area contributed by atoms with Crippen LogP contribution in [0.3, 0.4) is 0 Å². The molecule has 0 fully saturated rings. The van der Waals surface area contributed by atoms with Gasteiger partial charge in [-0.3, -0.25) is 9.36 Å². The zero-order valence-electron chi connectivity index (χ0n) is 21.7. The van der Waals surface area contributed by atoms with Gasteiger partial charge in [0.2, 0.25) is 6.79 Å². The first kappa shape index (κ1) is 26.6. The molecule has 0 amide bonds. The van der Waals surface area contributed by atoms with Crippen LogP contribution in [-0.4, -0.2) is 23.9 Å². The fourth-order valence-corrected chi connectivity index (χ4v) is 5.78. The number of nitrogens with zero attached hydrogens (tertiary/aromatic N) is 2. The van der Waals surface area contributed by atoms with Crippen LogP contribution in [0.1, 0.15) is 36.8 Å². The number of halogens is 3. The van der Waals surface area contributed by atoms with Crippen molar-refractivity contribution < 1.29 is 36.6 Å². The van der Waals surface area contributed by atoms with E-state index in [9.17, 15) is 22.8 Å². The molecule has 0 bridgehead atoms. The number of rotatable bonds is 5. The van der Waals surface area contributed by atoms with E-state index in [1.807, 2.05) is 0 Å². The number of benzene rings is 2. The third-order valence-electron chi connectivity index (χ3n) is 6.60. The lowest BCUT2D eigenvalue weighted by Gasteiger charge is -2.24. The number of alkyl halides is 3. The zero-order valence-corrected chi connectivity index (χ0v) is 22.5. The second-order valence-electron chi connectivity index (χ2n) is 9.20. The zero-order chi connectivity index (χ0) is 28.9. The largest absolute Gasteiger partial charge is 0.463 e. The molecule has 12 heteroatoms. The molecule has 8 nitrogen and oxygen atoms in total. The Morgan fingerprint density at radius 3 is 2.73 bits per heavy atom. The lowest BCUT2D eigenvalue weighted by atomic mass is 9.95. The highest BCUT2D eigenvalue weighted by Crippen LogP contribution is 2.38. The number of allylic oxidation sites excluding steroid dienone is 1. The summed E-state index contributed by atoms with van der Waals surface area (Å²) in [6, 6.07) is 12.2. The SMILES string of the molecule is CCOC(=O)C1=C(C)N=c2s/c(=C\c3ccc(-c4cccc(C(F)(F)F)c4)o3)c(=O)n2[C@@H]1c1ccc2c(c1)OCO2. The molecule has 0 aliphatic carbocycles. The minimum absolute atomic E-state index is 0.0623. The monoisotopic (exact) mass is 582 g/mol. The fourth-order valence-electron chi connectivity index (χ4n) is 4.75. The van der Waals surface area contributed by atoms with E-state index in [1.165, 1.54) is 28.8 Å². The third kappa shape index (κ3) is 4.84. The maximum atomic E-state index is 13.8. The van der Waals surface area contributed by atoms with Gasteiger partial charge in [-0.2, -0.15) is 13.2 Å². The molecule has 0 radical (unpaired) electrons. The van der Waals surface area contributed by atoms with E-state index in [4.69, 9.17) is 18.6 Å². The van der Waals surface area contributed by atoms with Crippen molar-refractivity contribution in [2.45, 2.75) is 26.1 Å². The van der Waals surface area contributed by atoms with Crippen LogP contribution in [0, 0.1) is 0 Å². The van der Waals surface area contributed by atoms with Gasteiger partial charge in [0.25, 0.3) is 5.56 Å². The molecule has 2 aliphatic heterocycles. The van der Waals surface area contributed by atoms with E-state index >= 15 is 0 Å². The molecule has 6 rings (SSSR count). The quantitative estimate of drug-likeness (QED) is 0.314. The van der Waals surface area contributed by atoms with Gasteiger partial charge < -0.3 is 18.6 Å². The number of hydrogen-bond donors (Lipinski definition) is 0. The molecule has 0 N–H and O–H groups in total. The summed E-state index contributed by atoms with van der Waals surface area (Å²) in [6.45, 7) is 3.57. The molecule has 2 aromatic carbocycles. The van der Waals surface area contributed by atoms with E-state index in [0.717, 1.165) is 23.5 Å². The standard InChI is InChI=1S/C29H21F3N2O6S/c1-3-37-27(36)24-15(2)33-28-34(25(24)17-7-9-21-22(12-17)39-14-38-21)26(35)23(41-28)13-19-8-10-20(40-19)16-5-4-6-18(11-16)29(30,31)32/h4-13,25H,3,14H2,1-2H3/b23-13-/t25-/m1/s1. The van der Waals surface area contributed by atoms with Crippen molar-refractivity contribution in [1.29, 1.82) is 0 Å². The molecule has 0 saturated carbocycles. The molecule has 1 atom stereocenters. The van der Waals surface area contributed by atoms with Gasteiger partial charge in [0, 0.05) is 11.6 Å². The van der Waals surface area contributed by atoms with E-state index < -0.39 is 29.3 Å². The average Bonchev–Trinajstić information content (AvgIpc) is 3.67. The second kappa shape index (κ2) is 10.1. The third-order valence-corrected chi connectivity index (χ3v) is 7.59. The van der Waals surface area contributed by atoms with Gasteiger partial charge in [0.1, 0.15) is 11.5 Å². The van der Waals surface area contributed by atoms with Gasteiger partial charge in [-0.1, -0.05) is 29.5 Å². The van der Waals surface area contributed by atoms with Crippen LogP contribution < -0.4 is 24.4 Å². The van der Waals surface area contributed by atoms with Gasteiger partial charge in [-0.05, 0) is 55.8 Å². The number of fused-ring (bicyclic) bond motifs is 2. The number of hydrogen-bond acceptors (Lipinski definition) is 8. The van der Waals surface area contributed by atoms with Gasteiger partial charge >= 0.3 is 12.1 Å². The molecule has 2 aliphatic rings. The first-order valence-corrected chi connectivity index (χ1v) is 13.3. The van der Waals surface area contributed by atoms with Crippen molar-refractivity contribution in [3.05, 3.63) is 102 Å². The Labute approximate surface area is 234 Å². The Bertz CT molecular complexity index is 1900. The Morgan fingerprint density at radius 1 is 1.15 bits per heavy atom. The first-order valence-electron chi connectivity index (χ1n) is 12.5. The first-order chi connectivity index (χ1) is 19.6. The number of aromatic nitrogens is 1. The lowest BCUT2D eigenvalue weighted by Crippen LogP contribution is -2.39. The highest BCUT2D eigenvalue weighted by atomic mass is 32.1. The molecule has 0 unspecified atom stereocenters. The number of esters is 1. The predicted molar refractivity (Wildman–Crippen MR) is 142 cm³/mol. The van der Waals surface area contributed by atoms with Crippen molar-refractivity contribution >= 4 is 23.4 Å². The lowest BCUT2D eigenvalue weighted by molar-refractivity contribution is -0.139. The number of carbonyl (C=O) groups is 1.